The Balaban J connectivity index is 2.04. The molecule has 2 heterocycles. The molecule has 0 amide bonds. The van der Waals surface area contributed by atoms with Crippen LogP contribution in [0.5, 0.6) is 0 Å². The van der Waals surface area contributed by atoms with E-state index < -0.39 is 10.0 Å². The number of piperazine rings is 1. The summed E-state index contributed by atoms with van der Waals surface area (Å²) in [6.45, 7) is 1.96. The van der Waals surface area contributed by atoms with Crippen LogP contribution < -0.4 is 5.73 Å². The van der Waals surface area contributed by atoms with Crippen molar-refractivity contribution >= 4 is 27.4 Å². The Kier molecular flexibility index (Phi) is 4.57. The molecule has 2 N–H and O–H groups in total. The molecule has 1 aromatic heterocycles. The molecule has 0 radical (unpaired) electrons. The van der Waals surface area contributed by atoms with Crippen molar-refractivity contribution in [3.05, 3.63) is 17.3 Å². The summed E-state index contributed by atoms with van der Waals surface area (Å²) in [4.78, 5) is 6.16. The standard InChI is InChI=1S/C15H23ClN4O2S/c1-19-7-8-20(15(11-19)5-3-2-4-6-15)23(21,22)13-9-12(16)10-18-14(13)17/h9-10H,2-8,11H2,1H3,(H2,17,18). The predicted octanol–water partition coefficient (Wildman–Crippen LogP) is 1.96. The van der Waals surface area contributed by atoms with Crippen LogP contribution in [0.3, 0.4) is 0 Å². The summed E-state index contributed by atoms with van der Waals surface area (Å²) in [6.07, 6.45) is 6.44. The quantitative estimate of drug-likeness (QED) is 0.874. The summed E-state index contributed by atoms with van der Waals surface area (Å²) < 4.78 is 28.2. The van der Waals surface area contributed by atoms with Gasteiger partial charge in [0, 0.05) is 31.4 Å². The first-order chi connectivity index (χ1) is 10.8. The highest BCUT2D eigenvalue weighted by atomic mass is 35.5. The third-order valence-electron chi connectivity index (χ3n) is 4.98. The zero-order chi connectivity index (χ0) is 16.7. The molecular weight excluding hydrogens is 336 g/mol. The molecule has 1 spiro atoms. The van der Waals surface area contributed by atoms with Gasteiger partial charge in [0.25, 0.3) is 0 Å². The van der Waals surface area contributed by atoms with Gasteiger partial charge in [0.2, 0.25) is 10.0 Å². The van der Waals surface area contributed by atoms with E-state index in [9.17, 15) is 8.42 Å². The number of anilines is 1. The highest BCUT2D eigenvalue weighted by Gasteiger charge is 2.48. The number of halogens is 1. The highest BCUT2D eigenvalue weighted by Crippen LogP contribution is 2.40. The molecule has 0 aromatic carbocycles. The van der Waals surface area contributed by atoms with Crippen LogP contribution in [0.2, 0.25) is 5.02 Å². The molecule has 6 nitrogen and oxygen atoms in total. The van der Waals surface area contributed by atoms with Crippen LogP contribution in [0.25, 0.3) is 0 Å². The maximum absolute atomic E-state index is 13.3. The average molecular weight is 359 g/mol. The Bertz CT molecular complexity index is 689. The monoisotopic (exact) mass is 358 g/mol. The van der Waals surface area contributed by atoms with Crippen LogP contribution in [-0.2, 0) is 10.0 Å². The fourth-order valence-electron chi connectivity index (χ4n) is 3.91. The van der Waals surface area contributed by atoms with Crippen LogP contribution in [0.1, 0.15) is 32.1 Å². The molecule has 128 valence electrons. The topological polar surface area (TPSA) is 79.5 Å². The molecule has 8 heteroatoms. The summed E-state index contributed by atoms with van der Waals surface area (Å²) in [5.74, 6) is 0.0132. The molecule has 23 heavy (non-hydrogen) atoms. The normalized spacial score (nSPS) is 23.2. The lowest BCUT2D eigenvalue weighted by Crippen LogP contribution is -2.63. The third kappa shape index (κ3) is 3.07. The van der Waals surface area contributed by atoms with Gasteiger partial charge in [-0.1, -0.05) is 30.9 Å². The number of nitrogens with zero attached hydrogens (tertiary/aromatic N) is 3. The van der Waals surface area contributed by atoms with Gasteiger partial charge in [-0.15, -0.1) is 0 Å². The summed E-state index contributed by atoms with van der Waals surface area (Å²) in [5, 5.41) is 0.282. The number of likely N-dealkylation sites (N-methyl/N-ethyl adjacent to an activating group) is 1. The van der Waals surface area contributed by atoms with E-state index in [0.29, 0.717) is 6.54 Å². The number of rotatable bonds is 2. The predicted molar refractivity (Wildman–Crippen MR) is 90.9 cm³/mol. The lowest BCUT2D eigenvalue weighted by atomic mass is 9.80. The number of aromatic nitrogens is 1. The summed E-state index contributed by atoms with van der Waals surface area (Å²) in [7, 11) is -1.66. The number of hydrogen-bond donors (Lipinski definition) is 1. The van der Waals surface area contributed by atoms with Crippen molar-refractivity contribution in [2.45, 2.75) is 42.5 Å². The maximum atomic E-state index is 13.3. The second-order valence-electron chi connectivity index (χ2n) is 6.64. The molecule has 1 aliphatic carbocycles. The Hall–Kier alpha value is -0.890. The molecule has 1 saturated heterocycles. The van der Waals surface area contributed by atoms with Crippen LogP contribution in [0.15, 0.2) is 17.2 Å². The Labute approximate surface area is 142 Å². The van der Waals surface area contributed by atoms with Gasteiger partial charge in [-0.25, -0.2) is 13.4 Å². The second kappa shape index (κ2) is 6.20. The van der Waals surface area contributed by atoms with Crippen molar-refractivity contribution in [2.24, 2.45) is 0 Å². The fourth-order valence-corrected chi connectivity index (χ4v) is 6.03. The molecule has 3 rings (SSSR count). The van der Waals surface area contributed by atoms with Gasteiger partial charge in [-0.3, -0.25) is 0 Å². The van der Waals surface area contributed by atoms with Crippen molar-refractivity contribution in [1.29, 1.82) is 0 Å². The number of nitrogen functional groups attached to an aromatic ring is 1. The first-order valence-corrected chi connectivity index (χ1v) is 9.79. The molecular formula is C15H23ClN4O2S. The Morgan fingerprint density at radius 1 is 1.26 bits per heavy atom. The highest BCUT2D eigenvalue weighted by molar-refractivity contribution is 7.89. The van der Waals surface area contributed by atoms with E-state index in [4.69, 9.17) is 17.3 Å². The SMILES string of the molecule is CN1CCN(S(=O)(=O)c2cc(Cl)cnc2N)C2(CCCCC2)C1. The average Bonchev–Trinajstić information content (AvgIpc) is 2.50. The smallest absolute Gasteiger partial charge is 0.247 e. The van der Waals surface area contributed by atoms with Gasteiger partial charge in [-0.2, -0.15) is 4.31 Å². The molecule has 2 aliphatic rings. The van der Waals surface area contributed by atoms with Gasteiger partial charge in [0.05, 0.1) is 5.02 Å². The zero-order valence-electron chi connectivity index (χ0n) is 13.3. The first-order valence-electron chi connectivity index (χ1n) is 7.98. The van der Waals surface area contributed by atoms with Crippen molar-refractivity contribution in [1.82, 2.24) is 14.2 Å². The van der Waals surface area contributed by atoms with E-state index in [1.807, 2.05) is 0 Å². The summed E-state index contributed by atoms with van der Waals surface area (Å²) in [5.41, 5.74) is 5.51. The number of pyridine rings is 1. The van der Waals surface area contributed by atoms with Gasteiger partial charge in [0.15, 0.2) is 0 Å². The molecule has 1 aliphatic heterocycles. The lowest BCUT2D eigenvalue weighted by Gasteiger charge is -2.51. The van der Waals surface area contributed by atoms with Gasteiger partial charge in [0.1, 0.15) is 10.7 Å². The molecule has 2 fully saturated rings. The summed E-state index contributed by atoms with van der Waals surface area (Å²) >= 11 is 5.95. The van der Waals surface area contributed by atoms with Gasteiger partial charge < -0.3 is 10.6 Å². The van der Waals surface area contributed by atoms with Crippen molar-refractivity contribution in [2.75, 3.05) is 32.4 Å². The van der Waals surface area contributed by atoms with Crippen molar-refractivity contribution in [3.63, 3.8) is 0 Å². The number of sulfonamides is 1. The molecule has 0 unspecified atom stereocenters. The second-order valence-corrected chi connectivity index (χ2v) is 8.90. The van der Waals surface area contributed by atoms with Crippen LogP contribution in [0.4, 0.5) is 5.82 Å². The van der Waals surface area contributed by atoms with Crippen LogP contribution in [0, 0.1) is 0 Å². The van der Waals surface area contributed by atoms with Gasteiger partial charge >= 0.3 is 0 Å². The minimum atomic E-state index is -3.71. The van der Waals surface area contributed by atoms with E-state index in [0.717, 1.165) is 38.8 Å². The first kappa shape index (κ1) is 17.0. The van der Waals surface area contributed by atoms with Crippen LogP contribution >= 0.6 is 11.6 Å². The van der Waals surface area contributed by atoms with Crippen molar-refractivity contribution in [3.8, 4) is 0 Å². The minimum absolute atomic E-state index is 0.0132. The molecule has 1 aromatic rings. The minimum Gasteiger partial charge on any atom is -0.383 e. The van der Waals surface area contributed by atoms with E-state index >= 15 is 0 Å². The largest absolute Gasteiger partial charge is 0.383 e. The molecule has 1 saturated carbocycles. The maximum Gasteiger partial charge on any atom is 0.247 e. The van der Waals surface area contributed by atoms with Crippen molar-refractivity contribution < 1.29 is 8.42 Å². The van der Waals surface area contributed by atoms with Crippen LogP contribution in [-0.4, -0.2) is 54.8 Å². The van der Waals surface area contributed by atoms with E-state index in [2.05, 4.69) is 16.9 Å². The lowest BCUT2D eigenvalue weighted by molar-refractivity contribution is 0.0412. The fraction of sp³-hybridized carbons (Fsp3) is 0.667. The Morgan fingerprint density at radius 3 is 2.65 bits per heavy atom. The van der Waals surface area contributed by atoms with E-state index in [1.54, 1.807) is 4.31 Å². The number of hydrogen-bond acceptors (Lipinski definition) is 5. The van der Waals surface area contributed by atoms with Gasteiger partial charge in [-0.05, 0) is 26.0 Å². The molecule has 0 bridgehead atoms. The van der Waals surface area contributed by atoms with E-state index in [1.165, 1.54) is 18.7 Å². The van der Waals surface area contributed by atoms with E-state index in [-0.39, 0.29) is 21.3 Å². The molecule has 0 atom stereocenters. The zero-order valence-corrected chi connectivity index (χ0v) is 14.9. The third-order valence-corrected chi connectivity index (χ3v) is 7.22. The number of nitrogens with two attached hydrogens (primary N) is 1. The Morgan fingerprint density at radius 2 is 1.96 bits per heavy atom. The summed E-state index contributed by atoms with van der Waals surface area (Å²) in [6, 6.07) is 1.41.